The van der Waals surface area contributed by atoms with Gasteiger partial charge in [0, 0.05) is 12.0 Å². The van der Waals surface area contributed by atoms with Gasteiger partial charge in [-0.2, -0.15) is 0 Å². The van der Waals surface area contributed by atoms with Crippen molar-refractivity contribution in [3.8, 4) is 0 Å². The van der Waals surface area contributed by atoms with E-state index in [-0.39, 0.29) is 0 Å². The molecule has 0 bridgehead atoms. The first kappa shape index (κ1) is 4.94. The molecule has 0 atom stereocenters. The molecule has 7 heavy (non-hydrogen) atoms. The Kier molecular flexibility index (Phi) is 2.03. The third-order valence-electron chi connectivity index (χ3n) is 0.558. The number of allylic oxidation sites excluding steroid dienone is 2. The summed E-state index contributed by atoms with van der Waals surface area (Å²) >= 11 is 1.34. The maximum absolute atomic E-state index is 4.88. The summed E-state index contributed by atoms with van der Waals surface area (Å²) in [5, 5.41) is 1.88. The van der Waals surface area contributed by atoms with Gasteiger partial charge in [0.15, 0.2) is 0 Å². The van der Waals surface area contributed by atoms with Crippen LogP contribution < -0.4 is 0 Å². The molecule has 0 saturated carbocycles. The van der Waals surface area contributed by atoms with Gasteiger partial charge in [-0.3, -0.25) is 0 Å². The Balaban J connectivity index is 2.39. The van der Waals surface area contributed by atoms with E-state index in [2.05, 4.69) is 6.08 Å². The zero-order valence-corrected chi connectivity index (χ0v) is 4.57. The molecular formula is C5H5OS. The van der Waals surface area contributed by atoms with E-state index in [9.17, 15) is 0 Å². The highest BCUT2D eigenvalue weighted by molar-refractivity contribution is 7.97. The molecule has 0 aromatic heterocycles. The molecule has 1 nitrogen and oxygen atoms in total. The summed E-state index contributed by atoms with van der Waals surface area (Å²) in [6, 6.07) is 0. The summed E-state index contributed by atoms with van der Waals surface area (Å²) in [7, 11) is 0. The van der Waals surface area contributed by atoms with Crippen molar-refractivity contribution in [2.75, 3.05) is 6.61 Å². The van der Waals surface area contributed by atoms with Gasteiger partial charge in [-0.25, -0.2) is 0 Å². The monoisotopic (exact) mass is 113 g/mol. The van der Waals surface area contributed by atoms with Crippen molar-refractivity contribution in [2.45, 2.75) is 0 Å². The maximum atomic E-state index is 4.88. The molecule has 0 fully saturated rings. The summed E-state index contributed by atoms with van der Waals surface area (Å²) < 4.78 is 4.88. The number of rotatable bonds is 0. The van der Waals surface area contributed by atoms with Crippen molar-refractivity contribution in [3.05, 3.63) is 23.6 Å². The minimum Gasteiger partial charge on any atom is -0.306 e. The Morgan fingerprint density at radius 1 is 1.71 bits per heavy atom. The summed E-state index contributed by atoms with van der Waals surface area (Å²) in [5.74, 6) is 0. The second kappa shape index (κ2) is 2.88. The van der Waals surface area contributed by atoms with Crippen LogP contribution in [0.3, 0.4) is 0 Å². The van der Waals surface area contributed by atoms with Crippen molar-refractivity contribution in [1.29, 1.82) is 0 Å². The molecule has 1 aliphatic heterocycles. The molecule has 0 unspecified atom stereocenters. The van der Waals surface area contributed by atoms with Crippen LogP contribution in [0.4, 0.5) is 0 Å². The van der Waals surface area contributed by atoms with E-state index in [1.54, 1.807) is 0 Å². The molecule has 0 amide bonds. The van der Waals surface area contributed by atoms with Gasteiger partial charge in [0.05, 0.1) is 6.61 Å². The van der Waals surface area contributed by atoms with Gasteiger partial charge in [-0.1, -0.05) is 12.2 Å². The van der Waals surface area contributed by atoms with E-state index in [4.69, 9.17) is 4.18 Å². The Bertz CT molecular complexity index is 84.3. The second-order valence-electron chi connectivity index (χ2n) is 1.06. The van der Waals surface area contributed by atoms with Crippen LogP contribution in [0.15, 0.2) is 17.6 Å². The van der Waals surface area contributed by atoms with E-state index in [0.717, 1.165) is 0 Å². The van der Waals surface area contributed by atoms with E-state index in [0.29, 0.717) is 6.61 Å². The molecule has 37 valence electrons. The Morgan fingerprint density at radius 2 is 2.71 bits per heavy atom. The molecule has 0 aliphatic carbocycles. The molecule has 1 radical (unpaired) electrons. The van der Waals surface area contributed by atoms with Crippen LogP contribution in [-0.4, -0.2) is 6.61 Å². The van der Waals surface area contributed by atoms with E-state index in [1.165, 1.54) is 12.0 Å². The lowest BCUT2D eigenvalue weighted by Crippen LogP contribution is -1.74. The summed E-state index contributed by atoms with van der Waals surface area (Å²) in [6.07, 6.45) is 6.64. The van der Waals surface area contributed by atoms with Crippen molar-refractivity contribution in [3.63, 3.8) is 0 Å². The van der Waals surface area contributed by atoms with Crippen LogP contribution in [-0.2, 0) is 4.18 Å². The Labute approximate surface area is 47.3 Å². The first-order valence-corrected chi connectivity index (χ1v) is 2.80. The van der Waals surface area contributed by atoms with Crippen LogP contribution in [0.2, 0.25) is 0 Å². The van der Waals surface area contributed by atoms with Crippen molar-refractivity contribution in [2.24, 2.45) is 0 Å². The first-order valence-electron chi connectivity index (χ1n) is 2.00. The fourth-order valence-electron chi connectivity index (χ4n) is 0.295. The summed E-state index contributed by atoms with van der Waals surface area (Å²) in [5.41, 5.74) is 0. The minimum atomic E-state index is 0.595. The lowest BCUT2D eigenvalue weighted by atomic mass is 10.5. The topological polar surface area (TPSA) is 9.23 Å². The van der Waals surface area contributed by atoms with Gasteiger partial charge in [-0.05, 0) is 11.5 Å². The number of hydrogen-bond donors (Lipinski definition) is 0. The fourth-order valence-corrected chi connectivity index (χ4v) is 0.652. The predicted octanol–water partition coefficient (Wildman–Crippen LogP) is 1.54. The molecule has 0 aromatic rings. The van der Waals surface area contributed by atoms with Crippen molar-refractivity contribution < 1.29 is 4.18 Å². The van der Waals surface area contributed by atoms with E-state index in [1.807, 2.05) is 17.6 Å². The van der Waals surface area contributed by atoms with Crippen LogP contribution in [0.1, 0.15) is 0 Å². The molecule has 0 N–H and O–H groups in total. The highest BCUT2D eigenvalue weighted by Crippen LogP contribution is 2.05. The summed E-state index contributed by atoms with van der Waals surface area (Å²) in [4.78, 5) is 0. The molecule has 1 heterocycles. The molecule has 0 spiro atoms. The van der Waals surface area contributed by atoms with Crippen LogP contribution in [0.25, 0.3) is 0 Å². The first-order chi connectivity index (χ1) is 3.50. The average Bonchev–Trinajstić information content (AvgIpc) is 1.90. The van der Waals surface area contributed by atoms with E-state index < -0.39 is 0 Å². The van der Waals surface area contributed by atoms with Gasteiger partial charge < -0.3 is 4.18 Å². The normalized spacial score (nSPS) is 19.4. The zero-order valence-electron chi connectivity index (χ0n) is 3.76. The van der Waals surface area contributed by atoms with Gasteiger partial charge in [-0.15, -0.1) is 0 Å². The third kappa shape index (κ3) is 1.80. The van der Waals surface area contributed by atoms with Gasteiger partial charge in [0.1, 0.15) is 0 Å². The molecule has 0 aromatic carbocycles. The SMILES string of the molecule is [C]1=CC=CSOC1. The predicted molar refractivity (Wildman–Crippen MR) is 30.5 cm³/mol. The van der Waals surface area contributed by atoms with E-state index >= 15 is 0 Å². The Morgan fingerprint density at radius 3 is 3.71 bits per heavy atom. The molecular weight excluding hydrogens is 108 g/mol. The standard InChI is InChI=1S/C5H5OS/c1-2-4-6-7-5-3-1/h1,3,5H,4H2. The zero-order chi connectivity index (χ0) is 4.95. The second-order valence-corrected chi connectivity index (χ2v) is 1.76. The smallest absolute Gasteiger partial charge is 0.0872 e. The highest BCUT2D eigenvalue weighted by Gasteiger charge is 1.81. The van der Waals surface area contributed by atoms with Gasteiger partial charge in [0.25, 0.3) is 0 Å². The molecule has 2 heteroatoms. The summed E-state index contributed by atoms with van der Waals surface area (Å²) in [6.45, 7) is 0.595. The van der Waals surface area contributed by atoms with Crippen molar-refractivity contribution >= 4 is 12.0 Å². The molecule has 0 saturated heterocycles. The third-order valence-corrected chi connectivity index (χ3v) is 1.08. The Hall–Kier alpha value is -0.210. The average molecular weight is 113 g/mol. The number of hydrogen-bond acceptors (Lipinski definition) is 2. The van der Waals surface area contributed by atoms with Gasteiger partial charge >= 0.3 is 0 Å². The largest absolute Gasteiger partial charge is 0.306 e. The molecule has 1 aliphatic rings. The van der Waals surface area contributed by atoms with Crippen LogP contribution >= 0.6 is 12.0 Å². The maximum Gasteiger partial charge on any atom is 0.0872 e. The van der Waals surface area contributed by atoms with Gasteiger partial charge in [0.2, 0.25) is 0 Å². The van der Waals surface area contributed by atoms with Crippen LogP contribution in [0.5, 0.6) is 0 Å². The lowest BCUT2D eigenvalue weighted by Gasteiger charge is -1.85. The quantitative estimate of drug-likeness (QED) is 0.441. The fraction of sp³-hybridized carbons (Fsp3) is 0.200. The minimum absolute atomic E-state index is 0.595. The highest BCUT2D eigenvalue weighted by atomic mass is 32.2. The van der Waals surface area contributed by atoms with Crippen molar-refractivity contribution in [1.82, 2.24) is 0 Å². The molecule has 1 rings (SSSR count). The lowest BCUT2D eigenvalue weighted by molar-refractivity contribution is 0.426. The van der Waals surface area contributed by atoms with Crippen LogP contribution in [0, 0.1) is 6.08 Å².